The molecule has 104 valence electrons. The predicted molar refractivity (Wildman–Crippen MR) is 75.6 cm³/mol. The average Bonchev–Trinajstić information content (AvgIpc) is 2.25. The molecule has 0 aromatic heterocycles. The zero-order valence-corrected chi connectivity index (χ0v) is 12.2. The second-order valence-electron chi connectivity index (χ2n) is 5.24. The summed E-state index contributed by atoms with van der Waals surface area (Å²) < 4.78 is 5.59. The smallest absolute Gasteiger partial charge is 0.0466 e. The molecule has 17 heavy (non-hydrogen) atoms. The summed E-state index contributed by atoms with van der Waals surface area (Å²) in [7, 11) is 0. The van der Waals surface area contributed by atoms with Gasteiger partial charge in [0, 0.05) is 25.3 Å². The fraction of sp³-hybridized carbons (Fsp3) is 1.00. The van der Waals surface area contributed by atoms with E-state index in [1.165, 1.54) is 25.7 Å². The highest BCUT2D eigenvalue weighted by Crippen LogP contribution is 1.94. The van der Waals surface area contributed by atoms with E-state index in [9.17, 15) is 0 Å². The maximum absolute atomic E-state index is 5.59. The first-order valence-electron chi connectivity index (χ1n) is 7.17. The fourth-order valence-corrected chi connectivity index (χ4v) is 1.54. The van der Waals surface area contributed by atoms with Crippen LogP contribution in [0.1, 0.15) is 53.4 Å². The van der Waals surface area contributed by atoms with Crippen molar-refractivity contribution in [3.8, 4) is 0 Å². The predicted octanol–water partition coefficient (Wildman–Crippen LogP) is 2.56. The van der Waals surface area contributed by atoms with E-state index in [4.69, 9.17) is 4.74 Å². The van der Waals surface area contributed by atoms with Gasteiger partial charge in [0.05, 0.1) is 0 Å². The Morgan fingerprint density at radius 3 is 1.47 bits per heavy atom. The Morgan fingerprint density at radius 2 is 1.12 bits per heavy atom. The summed E-state index contributed by atoms with van der Waals surface area (Å²) in [6.45, 7) is 12.8. The molecular formula is C14H32N2O. The van der Waals surface area contributed by atoms with E-state index in [1.54, 1.807) is 0 Å². The van der Waals surface area contributed by atoms with E-state index in [1.807, 2.05) is 0 Å². The molecule has 0 saturated carbocycles. The van der Waals surface area contributed by atoms with E-state index < -0.39 is 0 Å². The van der Waals surface area contributed by atoms with Crippen LogP contribution in [0.15, 0.2) is 0 Å². The average molecular weight is 244 g/mol. The lowest BCUT2D eigenvalue weighted by molar-refractivity contribution is 0.126. The Labute approximate surface area is 108 Å². The molecule has 0 fully saturated rings. The van der Waals surface area contributed by atoms with E-state index in [2.05, 4.69) is 38.3 Å². The van der Waals surface area contributed by atoms with Crippen LogP contribution in [0.4, 0.5) is 0 Å². The van der Waals surface area contributed by atoms with E-state index in [-0.39, 0.29) is 0 Å². The molecule has 0 aromatic carbocycles. The van der Waals surface area contributed by atoms with Crippen molar-refractivity contribution in [3.63, 3.8) is 0 Å². The zero-order chi connectivity index (χ0) is 12.9. The molecule has 0 radical (unpaired) electrons. The van der Waals surface area contributed by atoms with Crippen LogP contribution < -0.4 is 10.6 Å². The Bertz CT molecular complexity index is 133. The van der Waals surface area contributed by atoms with Crippen molar-refractivity contribution in [1.29, 1.82) is 0 Å². The number of hydrogen-bond donors (Lipinski definition) is 2. The molecule has 0 spiro atoms. The summed E-state index contributed by atoms with van der Waals surface area (Å²) >= 11 is 0. The SMILES string of the molecule is CC(C)NCCCCOCCCCNC(C)C. The molecule has 0 atom stereocenters. The third-order valence-corrected chi connectivity index (χ3v) is 2.54. The summed E-state index contributed by atoms with van der Waals surface area (Å²) in [6.07, 6.45) is 4.77. The third-order valence-electron chi connectivity index (χ3n) is 2.54. The van der Waals surface area contributed by atoms with Crippen LogP contribution in [-0.4, -0.2) is 38.4 Å². The van der Waals surface area contributed by atoms with Crippen molar-refractivity contribution in [1.82, 2.24) is 10.6 Å². The summed E-state index contributed by atoms with van der Waals surface area (Å²) in [4.78, 5) is 0. The highest BCUT2D eigenvalue weighted by Gasteiger charge is 1.94. The Hall–Kier alpha value is -0.120. The summed E-state index contributed by atoms with van der Waals surface area (Å²) in [5.41, 5.74) is 0. The molecule has 3 heteroatoms. The summed E-state index contributed by atoms with van der Waals surface area (Å²) in [5.74, 6) is 0. The molecule has 0 aliphatic rings. The van der Waals surface area contributed by atoms with E-state index in [0.717, 1.165) is 26.3 Å². The molecule has 0 aliphatic heterocycles. The van der Waals surface area contributed by atoms with Crippen molar-refractivity contribution < 1.29 is 4.74 Å². The first kappa shape index (κ1) is 16.9. The van der Waals surface area contributed by atoms with Crippen LogP contribution in [0.2, 0.25) is 0 Å². The molecule has 2 N–H and O–H groups in total. The van der Waals surface area contributed by atoms with Crippen molar-refractivity contribution in [2.45, 2.75) is 65.5 Å². The van der Waals surface area contributed by atoms with Gasteiger partial charge in [0.2, 0.25) is 0 Å². The zero-order valence-electron chi connectivity index (χ0n) is 12.2. The lowest BCUT2D eigenvalue weighted by Gasteiger charge is -2.09. The number of nitrogens with one attached hydrogen (secondary N) is 2. The van der Waals surface area contributed by atoms with Crippen molar-refractivity contribution in [2.75, 3.05) is 26.3 Å². The molecule has 0 rings (SSSR count). The minimum atomic E-state index is 0.601. The van der Waals surface area contributed by atoms with Gasteiger partial charge < -0.3 is 15.4 Å². The topological polar surface area (TPSA) is 33.3 Å². The summed E-state index contributed by atoms with van der Waals surface area (Å²) in [5, 5.41) is 6.82. The van der Waals surface area contributed by atoms with Crippen LogP contribution in [0.3, 0.4) is 0 Å². The minimum Gasteiger partial charge on any atom is -0.381 e. The van der Waals surface area contributed by atoms with Crippen LogP contribution >= 0.6 is 0 Å². The van der Waals surface area contributed by atoms with Crippen LogP contribution in [0.5, 0.6) is 0 Å². The fourth-order valence-electron chi connectivity index (χ4n) is 1.54. The number of unbranched alkanes of at least 4 members (excludes halogenated alkanes) is 2. The van der Waals surface area contributed by atoms with Gasteiger partial charge in [-0.1, -0.05) is 27.7 Å². The molecule has 0 saturated heterocycles. The van der Waals surface area contributed by atoms with Crippen molar-refractivity contribution >= 4 is 0 Å². The van der Waals surface area contributed by atoms with Crippen LogP contribution in [0.25, 0.3) is 0 Å². The monoisotopic (exact) mass is 244 g/mol. The molecular weight excluding hydrogens is 212 g/mol. The van der Waals surface area contributed by atoms with Gasteiger partial charge >= 0.3 is 0 Å². The highest BCUT2D eigenvalue weighted by molar-refractivity contribution is 4.53. The van der Waals surface area contributed by atoms with Crippen LogP contribution in [-0.2, 0) is 4.74 Å². The minimum absolute atomic E-state index is 0.601. The van der Waals surface area contributed by atoms with Gasteiger partial charge in [-0.25, -0.2) is 0 Å². The third kappa shape index (κ3) is 15.9. The second-order valence-corrected chi connectivity index (χ2v) is 5.24. The molecule has 0 unspecified atom stereocenters. The van der Waals surface area contributed by atoms with Gasteiger partial charge in [0.25, 0.3) is 0 Å². The number of ether oxygens (including phenoxy) is 1. The van der Waals surface area contributed by atoms with E-state index in [0.29, 0.717) is 12.1 Å². The first-order chi connectivity index (χ1) is 8.13. The highest BCUT2D eigenvalue weighted by atomic mass is 16.5. The van der Waals surface area contributed by atoms with Crippen molar-refractivity contribution in [2.24, 2.45) is 0 Å². The van der Waals surface area contributed by atoms with Crippen LogP contribution in [0, 0.1) is 0 Å². The van der Waals surface area contributed by atoms with Gasteiger partial charge in [-0.3, -0.25) is 0 Å². The van der Waals surface area contributed by atoms with Gasteiger partial charge in [0.15, 0.2) is 0 Å². The maximum Gasteiger partial charge on any atom is 0.0466 e. The molecule has 0 aromatic rings. The Balaban J connectivity index is 2.94. The lowest BCUT2D eigenvalue weighted by atomic mass is 10.3. The Morgan fingerprint density at radius 1 is 0.706 bits per heavy atom. The molecule has 0 amide bonds. The molecule has 0 heterocycles. The van der Waals surface area contributed by atoms with Gasteiger partial charge in [-0.2, -0.15) is 0 Å². The normalized spacial score (nSPS) is 11.6. The van der Waals surface area contributed by atoms with E-state index >= 15 is 0 Å². The molecule has 0 aliphatic carbocycles. The lowest BCUT2D eigenvalue weighted by Crippen LogP contribution is -2.24. The largest absolute Gasteiger partial charge is 0.381 e. The standard InChI is InChI=1S/C14H32N2O/c1-13(2)15-9-5-7-11-17-12-8-6-10-16-14(3)4/h13-16H,5-12H2,1-4H3. The maximum atomic E-state index is 5.59. The van der Waals surface area contributed by atoms with Crippen molar-refractivity contribution in [3.05, 3.63) is 0 Å². The quantitative estimate of drug-likeness (QED) is 0.518. The molecule has 3 nitrogen and oxygen atoms in total. The number of rotatable bonds is 12. The Kier molecular flexibility index (Phi) is 12.3. The molecule has 0 bridgehead atoms. The first-order valence-corrected chi connectivity index (χ1v) is 7.17. The second kappa shape index (κ2) is 12.3. The van der Waals surface area contributed by atoms with Gasteiger partial charge in [-0.05, 0) is 38.8 Å². The number of hydrogen-bond acceptors (Lipinski definition) is 3. The van der Waals surface area contributed by atoms with Gasteiger partial charge in [-0.15, -0.1) is 0 Å². The van der Waals surface area contributed by atoms with Gasteiger partial charge in [0.1, 0.15) is 0 Å². The summed E-state index contributed by atoms with van der Waals surface area (Å²) in [6, 6.07) is 1.20.